The second kappa shape index (κ2) is 17.2. The molecule has 0 radical (unpaired) electrons. The summed E-state index contributed by atoms with van der Waals surface area (Å²) in [5.41, 5.74) is 8.17. The Morgan fingerprint density at radius 3 is 2.68 bits per heavy atom. The summed E-state index contributed by atoms with van der Waals surface area (Å²) in [7, 11) is 3.81. The van der Waals surface area contributed by atoms with Gasteiger partial charge in [-0.05, 0) is 69.2 Å². The maximum atomic E-state index is 17.8. The Bertz CT molecular complexity index is 2350. The van der Waals surface area contributed by atoms with E-state index >= 15 is 4.39 Å². The van der Waals surface area contributed by atoms with E-state index < -0.39 is 29.3 Å². The molecule has 14 nitrogen and oxygen atoms in total. The third kappa shape index (κ3) is 8.12. The number of thiazole rings is 1. The van der Waals surface area contributed by atoms with Gasteiger partial charge in [-0.1, -0.05) is 26.8 Å². The van der Waals surface area contributed by atoms with Crippen LogP contribution in [0.4, 0.5) is 10.1 Å². The normalized spacial score (nSPS) is 26.1. The van der Waals surface area contributed by atoms with E-state index in [0.29, 0.717) is 67.3 Å². The molecular weight excluding hydrogens is 812 g/mol. The Morgan fingerprint density at radius 1 is 1.13 bits per heavy atom. The Kier molecular flexibility index (Phi) is 11.9. The number of nitrogens with zero attached hydrogens (tertiary/aromatic N) is 6. The van der Waals surface area contributed by atoms with Gasteiger partial charge in [0.1, 0.15) is 12.1 Å². The predicted octanol–water partition coefficient (Wildman–Crippen LogP) is 5.38. The molecule has 6 bridgehead atoms. The largest absolute Gasteiger partial charge is 0.464 e. The third-order valence-corrected chi connectivity index (χ3v) is 14.5. The Hall–Kier alpha value is -4.48. The van der Waals surface area contributed by atoms with Crippen LogP contribution in [0.5, 0.6) is 0 Å². The number of rotatable bonds is 7. The molecule has 1 saturated carbocycles. The van der Waals surface area contributed by atoms with Crippen LogP contribution in [0.15, 0.2) is 29.8 Å². The van der Waals surface area contributed by atoms with E-state index in [1.54, 1.807) is 13.2 Å². The lowest BCUT2D eigenvalue weighted by atomic mass is 9.93. The summed E-state index contributed by atoms with van der Waals surface area (Å²) in [5.74, 6) is -1.22. The SMILES string of the molecule is CCc1c(-c2cc(N3CCN(C)CC3)cnc2[C@H](C)OC)n2c3c(F)c(ccc13)-c1csc(n1)C[C@H](NC(=O)C1C3CCOCC31)C(=O)N1CCC[C@H](N1)C(=O)OCC(C)(C)C2. The van der Waals surface area contributed by atoms with Gasteiger partial charge in [0, 0.05) is 92.6 Å². The molecular formula is C46H59FN8O6S. The van der Waals surface area contributed by atoms with Gasteiger partial charge in [0.05, 0.1) is 58.8 Å². The molecule has 332 valence electrons. The van der Waals surface area contributed by atoms with E-state index in [0.717, 1.165) is 66.2 Å². The minimum atomic E-state index is -0.955. The van der Waals surface area contributed by atoms with E-state index in [4.69, 9.17) is 24.2 Å². The highest BCUT2D eigenvalue weighted by atomic mass is 32.1. The fraction of sp³-hybridized carbons (Fsp3) is 0.587. The van der Waals surface area contributed by atoms with E-state index in [-0.39, 0.29) is 48.7 Å². The molecule has 1 aliphatic carbocycles. The topological polar surface area (TPSA) is 143 Å². The van der Waals surface area contributed by atoms with Crippen molar-refractivity contribution >= 4 is 45.7 Å². The van der Waals surface area contributed by atoms with Crippen LogP contribution in [0.3, 0.4) is 0 Å². The first kappa shape index (κ1) is 42.8. The van der Waals surface area contributed by atoms with Crippen molar-refractivity contribution in [3.63, 3.8) is 0 Å². The summed E-state index contributed by atoms with van der Waals surface area (Å²) in [6.07, 6.45) is 4.18. The summed E-state index contributed by atoms with van der Waals surface area (Å²) in [6.45, 7) is 13.6. The first-order chi connectivity index (χ1) is 29.8. The maximum Gasteiger partial charge on any atom is 0.324 e. The molecule has 1 aromatic carbocycles. The number of benzene rings is 1. The van der Waals surface area contributed by atoms with Gasteiger partial charge in [0.2, 0.25) is 5.91 Å². The number of aryl methyl sites for hydroxylation is 1. The lowest BCUT2D eigenvalue weighted by molar-refractivity contribution is -0.155. The van der Waals surface area contributed by atoms with Gasteiger partial charge in [-0.2, -0.15) is 0 Å². The number of hydrogen-bond acceptors (Lipinski definition) is 12. The standard InChI is InChI=1S/C46H59FN8O6S/c1-7-28-30-10-11-31-36-23-62-37(49-36)20-35(50-43(56)38-29-12-18-60-22-33(29)38)44(57)55-13-8-9-34(51-55)45(58)61-25-46(3,4)24-54(42(30)39(31)47)41(28)32-19-27(21-48-40(32)26(2)59-6)53-16-14-52(5)15-17-53/h10-11,19,21,23,26,29,33-35,38,51H,7-9,12-18,20,22,24-25H2,1-6H3,(H,50,56)/t26-,29?,33?,34-,35-,38?/m0/s1. The fourth-order valence-electron chi connectivity index (χ4n) is 10.0. The minimum Gasteiger partial charge on any atom is -0.464 e. The molecule has 2 N–H and O–H groups in total. The number of pyridine rings is 1. The Balaban J connectivity index is 1.17. The van der Waals surface area contributed by atoms with Crippen molar-refractivity contribution < 1.29 is 33.0 Å². The molecule has 6 atom stereocenters. The number of fused-ring (bicyclic) bond motifs is 7. The van der Waals surface area contributed by atoms with Gasteiger partial charge in [-0.15, -0.1) is 11.3 Å². The highest BCUT2D eigenvalue weighted by Crippen LogP contribution is 2.51. The molecule has 3 unspecified atom stereocenters. The highest BCUT2D eigenvalue weighted by Gasteiger charge is 2.56. The number of esters is 1. The zero-order valence-corrected chi connectivity index (χ0v) is 37.5. The van der Waals surface area contributed by atoms with Crippen LogP contribution in [0.2, 0.25) is 0 Å². The number of carbonyl (C=O) groups excluding carboxylic acids is 3. The van der Waals surface area contributed by atoms with Crippen molar-refractivity contribution in [2.45, 2.75) is 84.5 Å². The van der Waals surface area contributed by atoms with Gasteiger partial charge < -0.3 is 33.9 Å². The first-order valence-electron chi connectivity index (χ1n) is 22.2. The number of likely N-dealkylation sites (N-methyl/N-ethyl adjacent to an activating group) is 1. The Labute approximate surface area is 366 Å². The summed E-state index contributed by atoms with van der Waals surface area (Å²) in [5, 5.41) is 7.71. The zero-order valence-electron chi connectivity index (χ0n) is 36.7. The highest BCUT2D eigenvalue weighted by molar-refractivity contribution is 7.10. The predicted molar refractivity (Wildman–Crippen MR) is 235 cm³/mol. The second-order valence-electron chi connectivity index (χ2n) is 18.6. The van der Waals surface area contributed by atoms with Crippen LogP contribution in [0.25, 0.3) is 33.4 Å². The number of ether oxygens (including phenoxy) is 3. The number of aromatic nitrogens is 3. The summed E-state index contributed by atoms with van der Waals surface area (Å²) in [6, 6.07) is 4.25. The van der Waals surface area contributed by atoms with Gasteiger partial charge in [-0.3, -0.25) is 24.4 Å². The molecule has 9 rings (SSSR count). The van der Waals surface area contributed by atoms with Gasteiger partial charge in [0.25, 0.3) is 5.91 Å². The number of carbonyl (C=O) groups is 3. The molecule has 3 aromatic heterocycles. The number of halogens is 1. The number of piperazine rings is 1. The maximum absolute atomic E-state index is 17.8. The van der Waals surface area contributed by atoms with Crippen molar-refractivity contribution in [3.8, 4) is 22.5 Å². The van der Waals surface area contributed by atoms with E-state index in [2.05, 4.69) is 45.1 Å². The lowest BCUT2D eigenvalue weighted by Gasteiger charge is -2.35. The molecule has 5 aliphatic rings. The van der Waals surface area contributed by atoms with Crippen molar-refractivity contribution in [2.75, 3.05) is 71.6 Å². The van der Waals surface area contributed by atoms with Crippen molar-refractivity contribution in [1.82, 2.24) is 35.2 Å². The molecule has 2 amide bonds. The molecule has 4 aromatic rings. The summed E-state index contributed by atoms with van der Waals surface area (Å²) in [4.78, 5) is 56.6. The average Bonchev–Trinajstić information content (AvgIpc) is 3.69. The number of nitrogens with one attached hydrogen (secondary N) is 2. The van der Waals surface area contributed by atoms with Gasteiger partial charge in [0.15, 0.2) is 5.82 Å². The molecule has 62 heavy (non-hydrogen) atoms. The van der Waals surface area contributed by atoms with Crippen molar-refractivity contribution in [1.29, 1.82) is 0 Å². The van der Waals surface area contributed by atoms with E-state index in [9.17, 15) is 14.4 Å². The van der Waals surface area contributed by atoms with Crippen LogP contribution >= 0.6 is 11.3 Å². The quantitative estimate of drug-likeness (QED) is 0.232. The molecule has 16 heteroatoms. The Morgan fingerprint density at radius 2 is 1.94 bits per heavy atom. The first-order valence-corrected chi connectivity index (χ1v) is 23.1. The molecule has 4 fully saturated rings. The lowest BCUT2D eigenvalue weighted by Crippen LogP contribution is -2.60. The van der Waals surface area contributed by atoms with Crippen LogP contribution < -0.4 is 15.6 Å². The van der Waals surface area contributed by atoms with Crippen molar-refractivity contribution in [3.05, 3.63) is 51.9 Å². The second-order valence-corrected chi connectivity index (χ2v) is 19.5. The van der Waals surface area contributed by atoms with E-state index in [1.807, 2.05) is 38.4 Å². The molecule has 7 heterocycles. The van der Waals surface area contributed by atoms with E-state index in [1.165, 1.54) is 16.3 Å². The van der Waals surface area contributed by atoms with Crippen LogP contribution in [-0.4, -0.2) is 121 Å². The monoisotopic (exact) mass is 870 g/mol. The minimum absolute atomic E-state index is 0.0440. The zero-order chi connectivity index (χ0) is 43.4. The average molecular weight is 871 g/mol. The number of cyclic esters (lactones) is 1. The number of hydrogen-bond donors (Lipinski definition) is 2. The van der Waals surface area contributed by atoms with Crippen molar-refractivity contribution in [2.24, 2.45) is 23.2 Å². The van der Waals surface area contributed by atoms with Gasteiger partial charge >= 0.3 is 5.97 Å². The number of hydrazine groups is 1. The number of amides is 2. The smallest absolute Gasteiger partial charge is 0.324 e. The summed E-state index contributed by atoms with van der Waals surface area (Å²) >= 11 is 1.33. The third-order valence-electron chi connectivity index (χ3n) is 13.7. The number of methoxy groups -OCH3 is 1. The van der Waals surface area contributed by atoms with Gasteiger partial charge in [-0.25, -0.2) is 14.8 Å². The van der Waals surface area contributed by atoms with Crippen LogP contribution in [0, 0.1) is 29.0 Å². The van der Waals surface area contributed by atoms with Crippen LogP contribution in [0.1, 0.15) is 69.3 Å². The molecule has 0 spiro atoms. The molecule has 4 aliphatic heterocycles. The van der Waals surface area contributed by atoms with Crippen LogP contribution in [-0.2, 0) is 48.0 Å². The fourth-order valence-corrected chi connectivity index (χ4v) is 10.9. The number of anilines is 1. The molecule has 3 saturated heterocycles. The summed E-state index contributed by atoms with van der Waals surface area (Å²) < 4.78 is 37.5.